The zero-order valence-electron chi connectivity index (χ0n) is 12.5. The number of nitrogens with one attached hydrogen (secondary N) is 1. The van der Waals surface area contributed by atoms with Crippen LogP contribution in [0.1, 0.15) is 48.1 Å². The average Bonchev–Trinajstić information content (AvgIpc) is 2.97. The number of hydrogen-bond acceptors (Lipinski definition) is 1. The summed E-state index contributed by atoms with van der Waals surface area (Å²) in [6.07, 6.45) is 4.93. The number of benzene rings is 2. The molecule has 0 fully saturated rings. The van der Waals surface area contributed by atoms with Gasteiger partial charge in [0.05, 0.1) is 6.04 Å². The SMILES string of the molecule is CCCNC(c1ccc2c(c1)CCC2)c1ccccc1Br. The molecule has 21 heavy (non-hydrogen) atoms. The quantitative estimate of drug-likeness (QED) is 0.802. The molecule has 1 atom stereocenters. The van der Waals surface area contributed by atoms with Crippen LogP contribution in [0.15, 0.2) is 46.9 Å². The van der Waals surface area contributed by atoms with E-state index in [0.717, 1.165) is 13.0 Å². The number of hydrogen-bond donors (Lipinski definition) is 1. The van der Waals surface area contributed by atoms with E-state index in [0.29, 0.717) is 0 Å². The minimum absolute atomic E-state index is 0.270. The van der Waals surface area contributed by atoms with Gasteiger partial charge in [0.15, 0.2) is 0 Å². The molecule has 0 aliphatic heterocycles. The molecule has 0 bridgehead atoms. The number of halogens is 1. The first kappa shape index (κ1) is 14.8. The molecule has 0 aromatic heterocycles. The van der Waals surface area contributed by atoms with Crippen molar-refractivity contribution in [2.24, 2.45) is 0 Å². The monoisotopic (exact) mass is 343 g/mol. The third kappa shape index (κ3) is 3.22. The lowest BCUT2D eigenvalue weighted by Gasteiger charge is -2.21. The molecule has 0 radical (unpaired) electrons. The molecule has 0 saturated carbocycles. The van der Waals surface area contributed by atoms with Crippen molar-refractivity contribution in [1.29, 1.82) is 0 Å². The van der Waals surface area contributed by atoms with Crippen LogP contribution in [0.3, 0.4) is 0 Å². The van der Waals surface area contributed by atoms with E-state index >= 15 is 0 Å². The van der Waals surface area contributed by atoms with Crippen molar-refractivity contribution in [3.8, 4) is 0 Å². The minimum Gasteiger partial charge on any atom is -0.306 e. The van der Waals surface area contributed by atoms with Crippen LogP contribution in [0.4, 0.5) is 0 Å². The molecule has 0 heterocycles. The topological polar surface area (TPSA) is 12.0 Å². The third-order valence-corrected chi connectivity index (χ3v) is 4.99. The fourth-order valence-electron chi connectivity index (χ4n) is 3.18. The van der Waals surface area contributed by atoms with Crippen LogP contribution >= 0.6 is 15.9 Å². The van der Waals surface area contributed by atoms with Gasteiger partial charge in [-0.3, -0.25) is 0 Å². The maximum atomic E-state index is 3.71. The summed E-state index contributed by atoms with van der Waals surface area (Å²) < 4.78 is 1.18. The first-order valence-corrected chi connectivity index (χ1v) is 8.68. The Labute approximate surface area is 135 Å². The molecule has 2 aromatic carbocycles. The maximum Gasteiger partial charge on any atom is 0.0587 e. The molecule has 1 unspecified atom stereocenters. The second-order valence-electron chi connectivity index (χ2n) is 5.79. The lowest BCUT2D eigenvalue weighted by atomic mass is 9.95. The standard InChI is InChI=1S/C19H22BrN/c1-2-12-21-19(17-8-3-4-9-18(17)20)16-11-10-14-6-5-7-15(14)13-16/h3-4,8-11,13,19,21H,2,5-7,12H2,1H3. The van der Waals surface area contributed by atoms with Gasteiger partial charge in [-0.25, -0.2) is 0 Å². The Morgan fingerprint density at radius 2 is 1.90 bits per heavy atom. The maximum absolute atomic E-state index is 3.71. The summed E-state index contributed by atoms with van der Waals surface area (Å²) in [5, 5.41) is 3.70. The molecule has 110 valence electrons. The molecule has 0 spiro atoms. The lowest BCUT2D eigenvalue weighted by Crippen LogP contribution is -2.23. The number of rotatable bonds is 5. The highest BCUT2D eigenvalue weighted by atomic mass is 79.9. The van der Waals surface area contributed by atoms with E-state index in [9.17, 15) is 0 Å². The smallest absolute Gasteiger partial charge is 0.0587 e. The fourth-order valence-corrected chi connectivity index (χ4v) is 3.69. The zero-order valence-corrected chi connectivity index (χ0v) is 14.1. The van der Waals surface area contributed by atoms with Gasteiger partial charge in [-0.05, 0) is 60.5 Å². The van der Waals surface area contributed by atoms with E-state index in [2.05, 4.69) is 70.6 Å². The Balaban J connectivity index is 1.97. The van der Waals surface area contributed by atoms with Gasteiger partial charge in [0.25, 0.3) is 0 Å². The third-order valence-electron chi connectivity index (χ3n) is 4.27. The van der Waals surface area contributed by atoms with Crippen molar-refractivity contribution in [2.45, 2.75) is 38.6 Å². The predicted octanol–water partition coefficient (Wildman–Crippen LogP) is 5.03. The minimum atomic E-state index is 0.270. The molecule has 2 aromatic rings. The summed E-state index contributed by atoms with van der Waals surface area (Å²) in [5.74, 6) is 0. The summed E-state index contributed by atoms with van der Waals surface area (Å²) in [6, 6.07) is 15.8. The molecular weight excluding hydrogens is 322 g/mol. The van der Waals surface area contributed by atoms with Gasteiger partial charge in [-0.1, -0.05) is 59.3 Å². The highest BCUT2D eigenvalue weighted by Crippen LogP contribution is 2.31. The molecule has 0 saturated heterocycles. The summed E-state index contributed by atoms with van der Waals surface area (Å²) in [4.78, 5) is 0. The van der Waals surface area contributed by atoms with Gasteiger partial charge in [0.2, 0.25) is 0 Å². The zero-order chi connectivity index (χ0) is 14.7. The summed E-state index contributed by atoms with van der Waals surface area (Å²) in [5.41, 5.74) is 5.79. The van der Waals surface area contributed by atoms with Crippen LogP contribution in [-0.4, -0.2) is 6.54 Å². The second-order valence-corrected chi connectivity index (χ2v) is 6.64. The first-order valence-electron chi connectivity index (χ1n) is 7.89. The van der Waals surface area contributed by atoms with Crippen molar-refractivity contribution in [3.05, 3.63) is 69.2 Å². The van der Waals surface area contributed by atoms with Crippen LogP contribution in [-0.2, 0) is 12.8 Å². The normalized spacial score (nSPS) is 15.0. The molecule has 1 aliphatic rings. The van der Waals surface area contributed by atoms with E-state index in [4.69, 9.17) is 0 Å². The second kappa shape index (κ2) is 6.76. The van der Waals surface area contributed by atoms with Crippen LogP contribution in [0.25, 0.3) is 0 Å². The van der Waals surface area contributed by atoms with E-state index in [-0.39, 0.29) is 6.04 Å². The van der Waals surface area contributed by atoms with Crippen LogP contribution in [0.5, 0.6) is 0 Å². The van der Waals surface area contributed by atoms with Crippen molar-refractivity contribution in [1.82, 2.24) is 5.32 Å². The van der Waals surface area contributed by atoms with Gasteiger partial charge in [0.1, 0.15) is 0 Å². The Kier molecular flexibility index (Phi) is 4.77. The fraction of sp³-hybridized carbons (Fsp3) is 0.368. The van der Waals surface area contributed by atoms with Crippen molar-refractivity contribution in [3.63, 3.8) is 0 Å². The number of aryl methyl sites for hydroxylation is 2. The molecule has 1 nitrogen and oxygen atoms in total. The Hall–Kier alpha value is -1.12. The molecule has 0 amide bonds. The van der Waals surface area contributed by atoms with Gasteiger partial charge in [-0.15, -0.1) is 0 Å². The van der Waals surface area contributed by atoms with Crippen molar-refractivity contribution >= 4 is 15.9 Å². The summed E-state index contributed by atoms with van der Waals surface area (Å²) in [6.45, 7) is 3.25. The molecule has 1 N–H and O–H groups in total. The Morgan fingerprint density at radius 3 is 2.71 bits per heavy atom. The highest BCUT2D eigenvalue weighted by molar-refractivity contribution is 9.10. The van der Waals surface area contributed by atoms with Crippen LogP contribution in [0, 0.1) is 0 Å². The van der Waals surface area contributed by atoms with Crippen LogP contribution in [0.2, 0.25) is 0 Å². The predicted molar refractivity (Wildman–Crippen MR) is 92.7 cm³/mol. The van der Waals surface area contributed by atoms with E-state index in [1.807, 2.05) is 0 Å². The molecular formula is C19H22BrN. The molecule has 2 heteroatoms. The summed E-state index contributed by atoms with van der Waals surface area (Å²) in [7, 11) is 0. The first-order chi connectivity index (χ1) is 10.3. The Morgan fingerprint density at radius 1 is 1.10 bits per heavy atom. The van der Waals surface area contributed by atoms with Crippen LogP contribution < -0.4 is 5.32 Å². The Bertz CT molecular complexity index is 621. The molecule has 3 rings (SSSR count). The lowest BCUT2D eigenvalue weighted by molar-refractivity contribution is 0.596. The highest BCUT2D eigenvalue weighted by Gasteiger charge is 2.18. The molecule has 1 aliphatic carbocycles. The van der Waals surface area contributed by atoms with E-state index in [1.165, 1.54) is 34.9 Å². The largest absolute Gasteiger partial charge is 0.306 e. The van der Waals surface area contributed by atoms with Gasteiger partial charge < -0.3 is 5.32 Å². The number of fused-ring (bicyclic) bond motifs is 1. The average molecular weight is 344 g/mol. The van der Waals surface area contributed by atoms with Gasteiger partial charge in [-0.2, -0.15) is 0 Å². The van der Waals surface area contributed by atoms with Crippen molar-refractivity contribution < 1.29 is 0 Å². The van der Waals surface area contributed by atoms with Gasteiger partial charge >= 0.3 is 0 Å². The summed E-state index contributed by atoms with van der Waals surface area (Å²) >= 11 is 3.71. The van der Waals surface area contributed by atoms with E-state index in [1.54, 1.807) is 11.1 Å². The van der Waals surface area contributed by atoms with E-state index < -0.39 is 0 Å². The van der Waals surface area contributed by atoms with Gasteiger partial charge in [0, 0.05) is 4.47 Å². The van der Waals surface area contributed by atoms with Crippen molar-refractivity contribution in [2.75, 3.05) is 6.54 Å².